The van der Waals surface area contributed by atoms with Crippen molar-refractivity contribution in [1.82, 2.24) is 80.0 Å². The van der Waals surface area contributed by atoms with Gasteiger partial charge in [0.15, 0.2) is 23.0 Å². The number of H-pyrrole nitrogens is 6. The van der Waals surface area contributed by atoms with E-state index >= 15 is 0 Å². The van der Waals surface area contributed by atoms with Gasteiger partial charge in [-0.15, -0.1) is 10.2 Å². The van der Waals surface area contributed by atoms with Crippen LogP contribution in [0, 0.1) is 45.3 Å². The zero-order chi connectivity index (χ0) is 93.8. The molecule has 0 aliphatic heterocycles. The maximum absolute atomic E-state index is 12.1. The molecule has 4 amide bonds. The standard InChI is InChI=1S/C22H20Cl2N6O4.2C20H14Cl2N6O3.C16H15Cl2N3O.C6H8N2O3/c1-4-33-22(32)28-21(31)17(9-25)30-29-12-7-14(23)20(15(24)8-12)34-18-6-5-16-19(27-18)13(10-26-16)11(2)3;1-9(2)11-8-24-14-3-4-16(25-17(11)14)31-18-12(21)5-10(6-13(18)22)28-20(30)26-19(29)15(7-23)27-28;1-2-3-10-9-24-14-4-5-16(25-17(10)14)31-18-12(21)6-11(7-13(18)22)28-20(30)26-19(29)15(8-23)27-28;1-8(2)10-7-20-13-3-4-14(21-15(10)13)22-16-11(17)5-9(19)6-12(16)18;1-2-11-6(10)8-5(9)3-4-7/h5-8,10-11,26,29H,4H2,1-3H3,(H,28,31,32);3-6,8-9,24H,1-2H3,(H,26,29,30);4-7,9,24H,2-3H2,1H3,(H,26,29,30);3-8,20H,19H2,1-2H3;2-3H2,1H3,(H,8,9,10)/b30-17+;;;;. The fourth-order valence-electron chi connectivity index (χ4n) is 11.7. The Hall–Kier alpha value is -14.5. The first-order valence-corrected chi connectivity index (χ1v) is 41.3. The smallest absolute Gasteiger partial charge is 0.414 e. The van der Waals surface area contributed by atoms with Gasteiger partial charge in [-0.05, 0) is 133 Å². The highest BCUT2D eigenvalue weighted by molar-refractivity contribution is 6.47. The van der Waals surface area contributed by atoms with Crippen LogP contribution < -0.4 is 63.2 Å². The highest BCUT2D eigenvalue weighted by atomic mass is 35.5. The summed E-state index contributed by atoms with van der Waals surface area (Å²) in [5.41, 5.74) is 15.4. The van der Waals surface area contributed by atoms with Crippen LogP contribution in [-0.2, 0) is 25.5 Å². The largest absolute Gasteiger partial charge is 0.450 e. The summed E-state index contributed by atoms with van der Waals surface area (Å²) in [5.74, 6) is 1.35. The fraction of sp³-hybridized carbons (Fsp3) is 0.202. The van der Waals surface area contributed by atoms with Crippen LogP contribution in [0.15, 0.2) is 146 Å². The third-order valence-corrected chi connectivity index (χ3v) is 19.8. The van der Waals surface area contributed by atoms with Gasteiger partial charge in [-0.25, -0.2) is 39.1 Å². The summed E-state index contributed by atoms with van der Waals surface area (Å²) in [7, 11) is 0. The van der Waals surface area contributed by atoms with Crippen LogP contribution in [-0.4, -0.2) is 112 Å². The predicted molar refractivity (Wildman–Crippen MR) is 486 cm³/mol. The Bertz CT molecular complexity index is 7020. The van der Waals surface area contributed by atoms with Crippen molar-refractivity contribution in [1.29, 1.82) is 21.0 Å². The quantitative estimate of drug-likeness (QED) is 0.0181. The molecule has 0 aliphatic rings. The Morgan fingerprint density at radius 2 is 0.822 bits per heavy atom. The van der Waals surface area contributed by atoms with Crippen LogP contribution in [0.2, 0.25) is 40.2 Å². The predicted octanol–water partition coefficient (Wildman–Crippen LogP) is 18.5. The lowest BCUT2D eigenvalue weighted by Crippen LogP contribution is -2.36. The SMILES string of the molecule is CC(C)c1c[nH]c2ccc(Oc3c(Cl)cc(-n4nc(C#N)c(=O)[nH]c4=O)cc3Cl)nc12.CC(C)c1c[nH]c2ccc(Oc3c(Cl)cc(N)cc3Cl)nc12.CCCc1c[nH]c2ccc(Oc3c(Cl)cc(-n4nc(C#N)c(=O)[nH]c4=O)cc3Cl)nc12.CCOC(=O)NC(=O)/C(C#N)=N/Nc1cc(Cl)c(Oc2ccc3[nH]cc(C(C)C)c3n2)c(Cl)c1.CCOC(=O)NC(=O)CC#N. The highest BCUT2D eigenvalue weighted by Crippen LogP contribution is 2.44. The molecule has 11 N–H and O–H groups in total. The van der Waals surface area contributed by atoms with Crippen molar-refractivity contribution in [2.24, 2.45) is 5.10 Å². The van der Waals surface area contributed by atoms with Crippen LogP contribution in [0.3, 0.4) is 0 Å². The lowest BCUT2D eigenvalue weighted by Gasteiger charge is -2.12. The van der Waals surface area contributed by atoms with E-state index in [1.165, 1.54) is 36.4 Å². The minimum Gasteiger partial charge on any atom is -0.450 e. The number of nitrogen functional groups attached to an aromatic ring is 1. The molecule has 0 unspecified atom stereocenters. The lowest BCUT2D eigenvalue weighted by molar-refractivity contribution is -0.119. The number of nitrogens with two attached hydrogens (primary N) is 1. The molecule has 129 heavy (non-hydrogen) atoms. The Kier molecular flexibility index (Phi) is 33.0. The summed E-state index contributed by atoms with van der Waals surface area (Å²) in [4.78, 5) is 126. The van der Waals surface area contributed by atoms with Gasteiger partial charge in [-0.3, -0.25) is 45.2 Å². The van der Waals surface area contributed by atoms with Crippen molar-refractivity contribution in [2.45, 2.75) is 99.3 Å². The maximum atomic E-state index is 12.1. The van der Waals surface area contributed by atoms with E-state index in [-0.39, 0.29) is 102 Å². The minimum absolute atomic E-state index is 0.0647. The molecule has 0 aliphatic carbocycles. The molecule has 14 aromatic rings. The van der Waals surface area contributed by atoms with Crippen LogP contribution >= 0.6 is 92.8 Å². The van der Waals surface area contributed by atoms with E-state index < -0.39 is 63.6 Å². The van der Waals surface area contributed by atoms with Crippen LogP contribution in [0.4, 0.5) is 21.0 Å². The molecule has 45 heteroatoms. The van der Waals surface area contributed by atoms with Gasteiger partial charge in [0, 0.05) is 54.7 Å². The van der Waals surface area contributed by atoms with Crippen LogP contribution in [0.1, 0.15) is 127 Å². The van der Waals surface area contributed by atoms with Gasteiger partial charge < -0.3 is 54.1 Å². The Labute approximate surface area is 769 Å². The molecular weight excluding hydrogens is 1840 g/mol. The first-order valence-electron chi connectivity index (χ1n) is 38.3. The van der Waals surface area contributed by atoms with E-state index in [0.29, 0.717) is 45.0 Å². The zero-order valence-corrected chi connectivity index (χ0v) is 75.0. The van der Waals surface area contributed by atoms with Crippen molar-refractivity contribution in [3.63, 3.8) is 0 Å². The van der Waals surface area contributed by atoms with E-state index in [1.54, 1.807) is 74.5 Å². The molecule has 0 bridgehead atoms. The maximum Gasteiger partial charge on any atom is 0.414 e. The minimum atomic E-state index is -1.03. The number of benzene rings is 4. The molecule has 0 radical (unpaired) electrons. The summed E-state index contributed by atoms with van der Waals surface area (Å²) >= 11 is 50.4. The number of fused-ring (bicyclic) bond motifs is 4. The molecule has 0 saturated heterocycles. The van der Waals surface area contributed by atoms with E-state index in [1.807, 2.05) is 69.7 Å². The zero-order valence-electron chi connectivity index (χ0n) is 68.9. The molecule has 10 aromatic heterocycles. The molecule has 37 nitrogen and oxygen atoms in total. The Balaban J connectivity index is 0.000000173. The number of ether oxygens (including phenoxy) is 6. The second kappa shape index (κ2) is 44.1. The number of nitrogens with zero attached hydrogens (tertiary/aromatic N) is 13. The summed E-state index contributed by atoms with van der Waals surface area (Å²) in [6, 6.07) is 32.3. The summed E-state index contributed by atoms with van der Waals surface area (Å²) in [6.07, 6.45) is 7.42. The van der Waals surface area contributed by atoms with Crippen molar-refractivity contribution in [2.75, 3.05) is 24.4 Å². The number of carbonyl (C=O) groups is 4. The number of nitriles is 4. The molecule has 0 saturated carbocycles. The molecule has 14 rings (SSSR count). The molecular formula is C84H71Cl8N23O14. The lowest BCUT2D eigenvalue weighted by atomic mass is 10.1. The van der Waals surface area contributed by atoms with E-state index in [4.69, 9.17) is 139 Å². The topological polar surface area (TPSA) is 544 Å². The second-order valence-electron chi connectivity index (χ2n) is 27.6. The number of halogens is 8. The van der Waals surface area contributed by atoms with E-state index in [0.717, 1.165) is 88.6 Å². The van der Waals surface area contributed by atoms with Crippen molar-refractivity contribution in [3.8, 4) is 82.2 Å². The third kappa shape index (κ3) is 24.4. The van der Waals surface area contributed by atoms with Crippen molar-refractivity contribution < 1.29 is 47.6 Å². The number of hydrogen-bond acceptors (Lipinski definition) is 27. The van der Waals surface area contributed by atoms with Gasteiger partial charge in [-0.2, -0.15) is 35.5 Å². The normalized spacial score (nSPS) is 10.9. The number of aryl methyl sites for hydroxylation is 1. The number of imide groups is 2. The number of aromatic amines is 6. The fourth-order valence-corrected chi connectivity index (χ4v) is 13.9. The van der Waals surface area contributed by atoms with Crippen LogP contribution in [0.25, 0.3) is 55.5 Å². The van der Waals surface area contributed by atoms with Gasteiger partial charge in [-0.1, -0.05) is 148 Å². The van der Waals surface area contributed by atoms with Gasteiger partial charge in [0.2, 0.25) is 46.5 Å². The monoisotopic (exact) mass is 1910 g/mol. The van der Waals surface area contributed by atoms with Gasteiger partial charge in [0.25, 0.3) is 17.0 Å². The molecule has 0 atom stereocenters. The number of nitrogens with one attached hydrogen (secondary N) is 9. The number of alkyl carbamates (subject to hydrolysis) is 2. The number of pyridine rings is 4. The first kappa shape index (κ1) is 96.7. The number of hydrogen-bond donors (Lipinski definition) is 10. The number of rotatable bonds is 21. The summed E-state index contributed by atoms with van der Waals surface area (Å²) in [5, 5.41) is 51.3. The summed E-state index contributed by atoms with van der Waals surface area (Å²) < 4.78 is 33.9. The third-order valence-electron chi connectivity index (χ3n) is 17.6. The first-order chi connectivity index (χ1) is 61.6. The number of anilines is 2. The van der Waals surface area contributed by atoms with Gasteiger partial charge in [0.1, 0.15) is 24.6 Å². The van der Waals surface area contributed by atoms with E-state index in [9.17, 15) is 38.4 Å². The van der Waals surface area contributed by atoms with Gasteiger partial charge in [0.05, 0.1) is 121 Å². The molecule has 10 heterocycles. The number of carbonyl (C=O) groups excluding carboxylic acids is 4. The Morgan fingerprint density at radius 3 is 1.16 bits per heavy atom. The van der Waals surface area contributed by atoms with Gasteiger partial charge >= 0.3 is 23.6 Å². The Morgan fingerprint density at radius 1 is 0.481 bits per heavy atom. The van der Waals surface area contributed by atoms with Crippen molar-refractivity contribution >= 4 is 178 Å². The average molecular weight is 1910 g/mol. The summed E-state index contributed by atoms with van der Waals surface area (Å²) in [6.45, 7) is 18.0. The number of amides is 4. The number of aromatic nitrogens is 14. The van der Waals surface area contributed by atoms with Crippen LogP contribution in [0.5, 0.6) is 46.5 Å². The molecule has 662 valence electrons. The second-order valence-corrected chi connectivity index (χ2v) is 30.9. The molecule has 4 aromatic carbocycles. The van der Waals surface area contributed by atoms with E-state index in [2.05, 4.69) is 119 Å². The average Bonchev–Trinajstić information content (AvgIpc) is 1.72. The molecule has 0 fully saturated rings. The molecule has 0 spiro atoms. The highest BCUT2D eigenvalue weighted by Gasteiger charge is 2.24. The van der Waals surface area contributed by atoms with Crippen molar-refractivity contribution in [3.05, 3.63) is 237 Å². The number of hydrazone groups is 1.